The fourth-order valence-electron chi connectivity index (χ4n) is 9.25. The lowest BCUT2D eigenvalue weighted by Crippen LogP contribution is -2.45. The lowest BCUT2D eigenvalue weighted by atomic mass is 10.0. The number of likely N-dealkylation sites (N-methyl/N-ethyl adjacent to an activating group) is 1. The first-order valence-corrected chi connectivity index (χ1v) is 32.3. The molecule has 0 aliphatic rings. The molecule has 0 aromatic rings. The highest BCUT2D eigenvalue weighted by Crippen LogP contribution is 2.38. The average molecular weight is 1020 g/mol. The van der Waals surface area contributed by atoms with Gasteiger partial charge in [0.05, 0.1) is 39.9 Å². The van der Waals surface area contributed by atoms with E-state index in [1.165, 1.54) is 238 Å². The number of aliphatic hydroxyl groups excluding tert-OH is 1. The molecule has 9 heteroatoms. The van der Waals surface area contributed by atoms with Gasteiger partial charge in [0.25, 0.3) is 7.82 Å². The maximum Gasteiger partial charge on any atom is 0.268 e. The summed E-state index contributed by atoms with van der Waals surface area (Å²) in [6.07, 6.45) is 69.6. The van der Waals surface area contributed by atoms with Gasteiger partial charge in [0.1, 0.15) is 13.2 Å². The minimum atomic E-state index is -4.61. The van der Waals surface area contributed by atoms with Crippen LogP contribution in [0.15, 0.2) is 36.5 Å². The van der Waals surface area contributed by atoms with E-state index in [2.05, 4.69) is 43.5 Å². The number of hydrogen-bond acceptors (Lipinski definition) is 6. The number of amides is 1. The van der Waals surface area contributed by atoms with Gasteiger partial charge < -0.3 is 28.8 Å². The first-order chi connectivity index (χ1) is 34.5. The second kappa shape index (κ2) is 53.5. The molecule has 0 aromatic carbocycles. The van der Waals surface area contributed by atoms with Crippen LogP contribution in [-0.4, -0.2) is 68.5 Å². The summed E-state index contributed by atoms with van der Waals surface area (Å²) in [6.45, 7) is 4.67. The summed E-state index contributed by atoms with van der Waals surface area (Å²) in [7, 11) is 1.25. The molecule has 0 spiro atoms. The molecule has 0 radical (unpaired) electrons. The zero-order valence-electron chi connectivity index (χ0n) is 47.9. The van der Waals surface area contributed by atoms with Gasteiger partial charge in [0.2, 0.25) is 5.91 Å². The van der Waals surface area contributed by atoms with Crippen molar-refractivity contribution in [3.8, 4) is 0 Å². The van der Waals surface area contributed by atoms with Crippen molar-refractivity contribution >= 4 is 13.7 Å². The number of rotatable bonds is 57. The van der Waals surface area contributed by atoms with Crippen molar-refractivity contribution in [2.75, 3.05) is 40.9 Å². The highest BCUT2D eigenvalue weighted by Gasteiger charge is 2.23. The van der Waals surface area contributed by atoms with Gasteiger partial charge in [-0.3, -0.25) is 9.36 Å². The number of phosphoric ester groups is 1. The number of quaternary nitrogens is 1. The highest BCUT2D eigenvalue weighted by molar-refractivity contribution is 7.45. The summed E-state index contributed by atoms with van der Waals surface area (Å²) < 4.78 is 23.4. The minimum absolute atomic E-state index is 0.00727. The van der Waals surface area contributed by atoms with Crippen LogP contribution in [0.3, 0.4) is 0 Å². The van der Waals surface area contributed by atoms with Crippen LogP contribution in [0.1, 0.15) is 303 Å². The zero-order valence-corrected chi connectivity index (χ0v) is 48.8. The number of nitrogens with one attached hydrogen (secondary N) is 1. The van der Waals surface area contributed by atoms with E-state index in [0.29, 0.717) is 17.4 Å². The number of aliphatic hydroxyl groups is 1. The molecule has 2 N–H and O–H groups in total. The van der Waals surface area contributed by atoms with E-state index in [1.807, 2.05) is 27.2 Å². The fraction of sp³-hybridized carbons (Fsp3) is 0.887. The quantitative estimate of drug-likeness (QED) is 0.0272. The molecule has 420 valence electrons. The Morgan fingerprint density at radius 3 is 1.14 bits per heavy atom. The van der Waals surface area contributed by atoms with Gasteiger partial charge in [-0.15, -0.1) is 0 Å². The van der Waals surface area contributed by atoms with Gasteiger partial charge in [0.15, 0.2) is 0 Å². The van der Waals surface area contributed by atoms with E-state index < -0.39 is 26.6 Å². The Morgan fingerprint density at radius 1 is 0.479 bits per heavy atom. The third kappa shape index (κ3) is 56.3. The molecule has 0 fully saturated rings. The Kier molecular flexibility index (Phi) is 52.6. The number of carbonyl (C=O) groups is 1. The van der Waals surface area contributed by atoms with Gasteiger partial charge in [-0.25, -0.2) is 0 Å². The maximum absolute atomic E-state index is 13.0. The standard InChI is InChI=1S/C62H121N2O6P/c1-6-8-10-12-14-16-18-20-22-24-26-28-30-31-32-33-34-36-38-40-42-44-46-48-50-52-54-56-62(66)63-60(59-70-71(67,68)69-58-57-64(3,4)5)61(65)55-53-51-49-47-45-43-41-39-37-35-29-27-25-23-21-19-17-15-13-11-9-7-2/h37,39,45,47,53,55,60-61,65H,6-36,38,40-44,46,48-52,54,56-59H2,1-5H3,(H-,63,66,67,68)/b39-37+,47-45+,55-53+. The Morgan fingerprint density at radius 2 is 0.789 bits per heavy atom. The van der Waals surface area contributed by atoms with Crippen molar-refractivity contribution in [2.24, 2.45) is 0 Å². The maximum atomic E-state index is 13.0. The molecule has 0 rings (SSSR count). The summed E-state index contributed by atoms with van der Waals surface area (Å²) in [5.74, 6) is -0.205. The molecule has 1 amide bonds. The molecule has 0 heterocycles. The Hall–Kier alpha value is -1.28. The summed E-state index contributed by atoms with van der Waals surface area (Å²) >= 11 is 0. The Bertz CT molecular complexity index is 1250. The summed E-state index contributed by atoms with van der Waals surface area (Å²) in [5, 5.41) is 13.9. The van der Waals surface area contributed by atoms with Crippen LogP contribution in [0.5, 0.6) is 0 Å². The molecule has 0 aliphatic carbocycles. The predicted octanol–water partition coefficient (Wildman–Crippen LogP) is 18.3. The van der Waals surface area contributed by atoms with Gasteiger partial charge in [0, 0.05) is 6.42 Å². The van der Waals surface area contributed by atoms with Crippen molar-refractivity contribution in [3.05, 3.63) is 36.5 Å². The van der Waals surface area contributed by atoms with Crippen LogP contribution in [0.4, 0.5) is 0 Å². The second-order valence-electron chi connectivity index (χ2n) is 22.4. The number of nitrogens with zero attached hydrogens (tertiary/aromatic N) is 1. The molecular formula is C62H121N2O6P. The van der Waals surface area contributed by atoms with Crippen LogP contribution in [0, 0.1) is 0 Å². The monoisotopic (exact) mass is 1020 g/mol. The highest BCUT2D eigenvalue weighted by atomic mass is 31.2. The van der Waals surface area contributed by atoms with Crippen LogP contribution >= 0.6 is 7.82 Å². The molecule has 0 saturated carbocycles. The number of unbranched alkanes of at least 4 members (excludes halogenated alkanes) is 40. The fourth-order valence-corrected chi connectivity index (χ4v) is 9.97. The van der Waals surface area contributed by atoms with Crippen LogP contribution in [-0.2, 0) is 18.4 Å². The SMILES string of the molecule is CCCCCCCCCCCCCC/C=C/CC/C=C/CC/C=C/C(O)C(COP(=O)([O-])OCC[N+](C)(C)C)NC(=O)CCCCCCCCCCCCCCCCCCCCCCCCCCCCC. The third-order valence-electron chi connectivity index (χ3n) is 14.1. The molecule has 0 aromatic heterocycles. The minimum Gasteiger partial charge on any atom is -0.756 e. The lowest BCUT2D eigenvalue weighted by Gasteiger charge is -2.29. The number of allylic oxidation sites excluding steroid dienone is 5. The Labute approximate surface area is 442 Å². The number of phosphoric acid groups is 1. The van der Waals surface area contributed by atoms with Gasteiger partial charge in [-0.05, 0) is 44.9 Å². The van der Waals surface area contributed by atoms with Crippen molar-refractivity contribution < 1.29 is 32.9 Å². The zero-order chi connectivity index (χ0) is 52.0. The summed E-state index contributed by atoms with van der Waals surface area (Å²) in [5.41, 5.74) is 0. The number of hydrogen-bond donors (Lipinski definition) is 2. The van der Waals surface area contributed by atoms with E-state index in [0.717, 1.165) is 44.9 Å². The molecule has 3 unspecified atom stereocenters. The average Bonchev–Trinajstić information content (AvgIpc) is 3.33. The molecule has 0 aliphatic heterocycles. The largest absolute Gasteiger partial charge is 0.756 e. The molecule has 71 heavy (non-hydrogen) atoms. The molecule has 3 atom stereocenters. The van der Waals surface area contributed by atoms with Crippen LogP contribution in [0.25, 0.3) is 0 Å². The summed E-state index contributed by atoms with van der Waals surface area (Å²) in [6, 6.07) is -0.908. The van der Waals surface area contributed by atoms with E-state index in [9.17, 15) is 19.4 Å². The first-order valence-electron chi connectivity index (χ1n) is 30.9. The molecular weight excluding hydrogens is 900 g/mol. The van der Waals surface area contributed by atoms with Crippen molar-refractivity contribution in [1.29, 1.82) is 0 Å². The van der Waals surface area contributed by atoms with Crippen LogP contribution < -0.4 is 10.2 Å². The van der Waals surface area contributed by atoms with Crippen LogP contribution in [0.2, 0.25) is 0 Å². The van der Waals surface area contributed by atoms with Crippen molar-refractivity contribution in [2.45, 2.75) is 315 Å². The van der Waals surface area contributed by atoms with E-state index >= 15 is 0 Å². The smallest absolute Gasteiger partial charge is 0.268 e. The predicted molar refractivity (Wildman–Crippen MR) is 307 cm³/mol. The van der Waals surface area contributed by atoms with Gasteiger partial charge >= 0.3 is 0 Å². The van der Waals surface area contributed by atoms with Gasteiger partial charge in [-0.1, -0.05) is 288 Å². The summed E-state index contributed by atoms with van der Waals surface area (Å²) in [4.78, 5) is 25.5. The molecule has 8 nitrogen and oxygen atoms in total. The van der Waals surface area contributed by atoms with E-state index in [-0.39, 0.29) is 12.5 Å². The topological polar surface area (TPSA) is 108 Å². The van der Waals surface area contributed by atoms with E-state index in [1.54, 1.807) is 6.08 Å². The molecule has 0 saturated heterocycles. The number of carbonyl (C=O) groups excluding carboxylic acids is 1. The molecule has 0 bridgehead atoms. The third-order valence-corrected chi connectivity index (χ3v) is 15.0. The van der Waals surface area contributed by atoms with Gasteiger partial charge in [-0.2, -0.15) is 0 Å². The Balaban J connectivity index is 4.18. The first kappa shape index (κ1) is 69.7. The second-order valence-corrected chi connectivity index (χ2v) is 23.8. The van der Waals surface area contributed by atoms with E-state index in [4.69, 9.17) is 9.05 Å². The van der Waals surface area contributed by atoms with Crippen molar-refractivity contribution in [3.63, 3.8) is 0 Å². The van der Waals surface area contributed by atoms with Crippen molar-refractivity contribution in [1.82, 2.24) is 5.32 Å². The normalized spacial score (nSPS) is 14.1. The lowest BCUT2D eigenvalue weighted by molar-refractivity contribution is -0.870.